The van der Waals surface area contributed by atoms with Crippen LogP contribution in [0.4, 0.5) is 5.82 Å². The molecule has 0 spiro atoms. The highest BCUT2D eigenvalue weighted by Crippen LogP contribution is 2.25. The summed E-state index contributed by atoms with van der Waals surface area (Å²) in [7, 11) is 0. The maximum absolute atomic E-state index is 11.0. The van der Waals surface area contributed by atoms with E-state index in [0.29, 0.717) is 12.4 Å². The van der Waals surface area contributed by atoms with Gasteiger partial charge in [0.2, 0.25) is 0 Å². The maximum atomic E-state index is 11.0. The third-order valence-corrected chi connectivity index (χ3v) is 3.36. The summed E-state index contributed by atoms with van der Waals surface area (Å²) in [5.74, 6) is -0.147. The van der Waals surface area contributed by atoms with Gasteiger partial charge in [-0.2, -0.15) is 0 Å². The minimum atomic E-state index is -0.833. The minimum absolute atomic E-state index is 0.324. The van der Waals surface area contributed by atoms with Crippen molar-refractivity contribution < 1.29 is 9.90 Å². The molecule has 2 N–H and O–H groups in total. The molecule has 6 heteroatoms. The van der Waals surface area contributed by atoms with E-state index in [2.05, 4.69) is 15.3 Å². The Morgan fingerprint density at radius 2 is 2.29 bits per heavy atom. The number of nitrogens with zero attached hydrogens (tertiary/aromatic N) is 2. The van der Waals surface area contributed by atoms with Crippen LogP contribution in [0.1, 0.15) is 13.8 Å². The molecular weight excluding hydrogens is 238 g/mol. The Morgan fingerprint density at radius 3 is 3.00 bits per heavy atom. The number of anilines is 1. The second-order valence-corrected chi connectivity index (χ2v) is 5.30. The quantitative estimate of drug-likeness (QED) is 0.871. The van der Waals surface area contributed by atoms with Gasteiger partial charge in [0.05, 0.1) is 10.8 Å². The van der Waals surface area contributed by atoms with E-state index in [-0.39, 0.29) is 0 Å². The molecule has 2 aromatic heterocycles. The molecule has 0 aliphatic carbocycles. The van der Waals surface area contributed by atoms with Crippen LogP contribution in [0, 0.1) is 5.41 Å². The van der Waals surface area contributed by atoms with Crippen LogP contribution < -0.4 is 5.32 Å². The lowest BCUT2D eigenvalue weighted by atomic mass is 9.94. The van der Waals surface area contributed by atoms with Crippen molar-refractivity contribution in [3.63, 3.8) is 0 Å². The lowest BCUT2D eigenvalue weighted by Gasteiger charge is -2.19. The third kappa shape index (κ3) is 2.36. The van der Waals surface area contributed by atoms with Gasteiger partial charge >= 0.3 is 5.97 Å². The van der Waals surface area contributed by atoms with Gasteiger partial charge in [0, 0.05) is 6.54 Å². The zero-order valence-electron chi connectivity index (χ0n) is 9.60. The standard InChI is InChI=1S/C11H13N3O2S/c1-11(2,10(15)16)5-12-8-7-3-4-17-9(7)14-6-13-8/h3-4,6H,5H2,1-2H3,(H,15,16)(H,12,13,14). The number of hydrogen-bond acceptors (Lipinski definition) is 5. The predicted octanol–water partition coefficient (Wildman–Crippen LogP) is 2.21. The van der Waals surface area contributed by atoms with Crippen molar-refractivity contribution in [3.8, 4) is 0 Å². The lowest BCUT2D eigenvalue weighted by molar-refractivity contribution is -0.146. The highest BCUT2D eigenvalue weighted by Gasteiger charge is 2.27. The highest BCUT2D eigenvalue weighted by atomic mass is 32.1. The number of aromatic nitrogens is 2. The van der Waals surface area contributed by atoms with Gasteiger partial charge in [0.15, 0.2) is 0 Å². The zero-order chi connectivity index (χ0) is 12.5. The van der Waals surface area contributed by atoms with E-state index >= 15 is 0 Å². The Bertz CT molecular complexity index is 550. The number of carboxylic acids is 1. The summed E-state index contributed by atoms with van der Waals surface area (Å²) in [5.41, 5.74) is -0.826. The molecule has 0 saturated carbocycles. The van der Waals surface area contributed by atoms with Crippen LogP contribution in [0.15, 0.2) is 17.8 Å². The van der Waals surface area contributed by atoms with Crippen LogP contribution in [-0.2, 0) is 4.79 Å². The van der Waals surface area contributed by atoms with Gasteiger partial charge in [-0.1, -0.05) is 0 Å². The van der Waals surface area contributed by atoms with Gasteiger partial charge in [0.25, 0.3) is 0 Å². The molecule has 0 bridgehead atoms. The van der Waals surface area contributed by atoms with Gasteiger partial charge in [-0.25, -0.2) is 9.97 Å². The summed E-state index contributed by atoms with van der Waals surface area (Å²) in [6, 6.07) is 1.93. The van der Waals surface area contributed by atoms with E-state index in [9.17, 15) is 4.79 Å². The maximum Gasteiger partial charge on any atom is 0.310 e. The van der Waals surface area contributed by atoms with Crippen molar-refractivity contribution in [1.82, 2.24) is 9.97 Å². The van der Waals surface area contributed by atoms with Crippen LogP contribution in [0.2, 0.25) is 0 Å². The fraction of sp³-hybridized carbons (Fsp3) is 0.364. The second-order valence-electron chi connectivity index (χ2n) is 4.40. The second kappa shape index (κ2) is 4.29. The largest absolute Gasteiger partial charge is 0.481 e. The Balaban J connectivity index is 2.19. The molecule has 0 atom stereocenters. The first kappa shape index (κ1) is 11.8. The molecule has 0 aliphatic rings. The molecule has 2 heterocycles. The fourth-order valence-corrected chi connectivity index (χ4v) is 2.04. The van der Waals surface area contributed by atoms with Crippen molar-refractivity contribution in [1.29, 1.82) is 0 Å². The zero-order valence-corrected chi connectivity index (χ0v) is 10.4. The number of fused-ring (bicyclic) bond motifs is 1. The van der Waals surface area contributed by atoms with E-state index in [1.54, 1.807) is 13.8 Å². The van der Waals surface area contributed by atoms with Crippen LogP contribution >= 0.6 is 11.3 Å². The first-order valence-electron chi connectivity index (χ1n) is 5.16. The number of aliphatic carboxylic acids is 1. The van der Waals surface area contributed by atoms with E-state index in [1.807, 2.05) is 11.4 Å². The Hall–Kier alpha value is -1.69. The van der Waals surface area contributed by atoms with Crippen molar-refractivity contribution in [2.75, 3.05) is 11.9 Å². The Kier molecular flexibility index (Phi) is 2.97. The molecule has 0 aromatic carbocycles. The topological polar surface area (TPSA) is 75.1 Å². The summed E-state index contributed by atoms with van der Waals surface area (Å²) in [5, 5.41) is 15.0. The molecule has 0 saturated heterocycles. The molecule has 0 amide bonds. The van der Waals surface area contributed by atoms with Gasteiger partial charge in [-0.05, 0) is 25.3 Å². The summed E-state index contributed by atoms with van der Waals surface area (Å²) in [4.78, 5) is 20.1. The monoisotopic (exact) mass is 251 g/mol. The van der Waals surface area contributed by atoms with E-state index in [0.717, 1.165) is 10.2 Å². The fourth-order valence-electron chi connectivity index (χ4n) is 1.31. The molecule has 17 heavy (non-hydrogen) atoms. The number of rotatable bonds is 4. The normalized spacial score (nSPS) is 11.6. The molecule has 90 valence electrons. The SMILES string of the molecule is CC(C)(CNc1ncnc2sccc12)C(=O)O. The molecule has 0 aliphatic heterocycles. The number of thiophene rings is 1. The van der Waals surface area contributed by atoms with E-state index < -0.39 is 11.4 Å². The lowest BCUT2D eigenvalue weighted by Crippen LogP contribution is -2.32. The van der Waals surface area contributed by atoms with Gasteiger partial charge in [-0.3, -0.25) is 4.79 Å². The Labute approximate surface area is 103 Å². The molecule has 2 rings (SSSR count). The number of hydrogen-bond donors (Lipinski definition) is 2. The number of nitrogens with one attached hydrogen (secondary N) is 1. The first-order chi connectivity index (χ1) is 8.00. The summed E-state index contributed by atoms with van der Waals surface area (Å²) < 4.78 is 0. The van der Waals surface area contributed by atoms with Crippen LogP contribution in [0.25, 0.3) is 10.2 Å². The summed E-state index contributed by atoms with van der Waals surface area (Å²) >= 11 is 1.53. The van der Waals surface area contributed by atoms with Crippen LogP contribution in [0.3, 0.4) is 0 Å². The molecule has 5 nitrogen and oxygen atoms in total. The molecule has 2 aromatic rings. The molecule has 0 unspecified atom stereocenters. The van der Waals surface area contributed by atoms with Gasteiger partial charge in [-0.15, -0.1) is 11.3 Å². The summed E-state index contributed by atoms with van der Waals surface area (Å²) in [6.45, 7) is 3.67. The molecule has 0 fully saturated rings. The Morgan fingerprint density at radius 1 is 1.53 bits per heavy atom. The highest BCUT2D eigenvalue weighted by molar-refractivity contribution is 7.16. The minimum Gasteiger partial charge on any atom is -0.481 e. The third-order valence-electron chi connectivity index (χ3n) is 2.54. The van der Waals surface area contributed by atoms with Crippen molar-refractivity contribution in [2.24, 2.45) is 5.41 Å². The van der Waals surface area contributed by atoms with Gasteiger partial charge in [0.1, 0.15) is 17.0 Å². The van der Waals surface area contributed by atoms with E-state index in [1.165, 1.54) is 17.7 Å². The van der Waals surface area contributed by atoms with Crippen LogP contribution in [-0.4, -0.2) is 27.6 Å². The summed E-state index contributed by atoms with van der Waals surface area (Å²) in [6.07, 6.45) is 1.48. The smallest absolute Gasteiger partial charge is 0.310 e. The first-order valence-corrected chi connectivity index (χ1v) is 6.04. The number of carboxylic acid groups (broad SMARTS) is 1. The van der Waals surface area contributed by atoms with Gasteiger partial charge < -0.3 is 10.4 Å². The average molecular weight is 251 g/mol. The van der Waals surface area contributed by atoms with E-state index in [4.69, 9.17) is 5.11 Å². The predicted molar refractivity (Wildman–Crippen MR) is 67.3 cm³/mol. The molecular formula is C11H13N3O2S. The van der Waals surface area contributed by atoms with Crippen molar-refractivity contribution in [2.45, 2.75) is 13.8 Å². The molecule has 0 radical (unpaired) electrons. The average Bonchev–Trinajstić information content (AvgIpc) is 2.74. The van der Waals surface area contributed by atoms with Crippen LogP contribution in [0.5, 0.6) is 0 Å². The number of carbonyl (C=O) groups is 1. The van der Waals surface area contributed by atoms with Crippen molar-refractivity contribution >= 4 is 33.3 Å². The van der Waals surface area contributed by atoms with Crippen molar-refractivity contribution in [3.05, 3.63) is 17.8 Å².